The van der Waals surface area contributed by atoms with Crippen LogP contribution in [0.2, 0.25) is 0 Å². The third-order valence-corrected chi connectivity index (χ3v) is 3.05. The number of hydrogen-bond acceptors (Lipinski definition) is 2. The molecule has 0 aliphatic rings. The van der Waals surface area contributed by atoms with Crippen LogP contribution < -0.4 is 5.73 Å². The van der Waals surface area contributed by atoms with Crippen molar-refractivity contribution in [1.29, 1.82) is 0 Å². The molecule has 0 aliphatic heterocycles. The molecule has 5 heteroatoms. The summed E-state index contributed by atoms with van der Waals surface area (Å²) < 4.78 is 14.6. The zero-order valence-corrected chi connectivity index (χ0v) is 10.6. The largest absolute Gasteiger partial charge is 0.480 e. The number of nitrogens with two attached hydrogens (primary N) is 1. The van der Waals surface area contributed by atoms with Gasteiger partial charge in [-0.2, -0.15) is 0 Å². The second-order valence-electron chi connectivity index (χ2n) is 4.10. The van der Waals surface area contributed by atoms with E-state index in [2.05, 4.69) is 15.9 Å². The lowest BCUT2D eigenvalue weighted by atomic mass is 9.78. The van der Waals surface area contributed by atoms with Crippen LogP contribution in [0.3, 0.4) is 0 Å². The summed E-state index contributed by atoms with van der Waals surface area (Å²) in [6, 6.07) is 6.35. The number of hydrogen-bond donors (Lipinski definition) is 2. The highest BCUT2D eigenvalue weighted by atomic mass is 79.9. The number of aliphatic carboxylic acids is 1. The minimum atomic E-state index is -2.07. The van der Waals surface area contributed by atoms with E-state index in [4.69, 9.17) is 10.8 Å². The Morgan fingerprint density at radius 1 is 1.50 bits per heavy atom. The van der Waals surface area contributed by atoms with Crippen LogP contribution in [-0.4, -0.2) is 16.7 Å². The van der Waals surface area contributed by atoms with Crippen LogP contribution in [0.4, 0.5) is 4.39 Å². The van der Waals surface area contributed by atoms with E-state index in [0.717, 1.165) is 13.8 Å². The summed E-state index contributed by atoms with van der Waals surface area (Å²) in [6.07, 6.45) is 0. The Labute approximate surface area is 102 Å². The Hall–Kier alpha value is -0.940. The van der Waals surface area contributed by atoms with Gasteiger partial charge in [-0.15, -0.1) is 0 Å². The van der Waals surface area contributed by atoms with Gasteiger partial charge in [0.05, 0.1) is 0 Å². The Morgan fingerprint density at radius 2 is 2.06 bits per heavy atom. The molecule has 1 aromatic rings. The summed E-state index contributed by atoms with van der Waals surface area (Å²) in [7, 11) is 0. The fraction of sp³-hybridized carbons (Fsp3) is 0.364. The molecule has 1 unspecified atom stereocenters. The summed E-state index contributed by atoms with van der Waals surface area (Å²) in [5.41, 5.74) is 1.81. The standard InChI is InChI=1S/C11H13BrFNO2/c1-10(2,13)11(14,9(15)16)7-4-3-5-8(12)6-7/h3-6H,14H2,1-2H3,(H,15,16). The SMILES string of the molecule is CC(C)(F)C(N)(C(=O)O)c1cccc(Br)c1. The summed E-state index contributed by atoms with van der Waals surface area (Å²) in [6.45, 7) is 2.31. The van der Waals surface area contributed by atoms with Gasteiger partial charge in [-0.05, 0) is 31.5 Å². The topological polar surface area (TPSA) is 63.3 Å². The number of halogens is 2. The molecule has 0 spiro atoms. The molecule has 16 heavy (non-hydrogen) atoms. The molecule has 0 saturated heterocycles. The zero-order chi connectivity index (χ0) is 12.6. The van der Waals surface area contributed by atoms with Gasteiger partial charge in [0.15, 0.2) is 5.54 Å². The van der Waals surface area contributed by atoms with Crippen molar-refractivity contribution in [3.63, 3.8) is 0 Å². The first-order valence-electron chi connectivity index (χ1n) is 4.67. The highest BCUT2D eigenvalue weighted by Gasteiger charge is 2.50. The number of alkyl halides is 1. The van der Waals surface area contributed by atoms with Crippen molar-refractivity contribution >= 4 is 21.9 Å². The van der Waals surface area contributed by atoms with Crippen LogP contribution in [0.25, 0.3) is 0 Å². The quantitative estimate of drug-likeness (QED) is 0.898. The van der Waals surface area contributed by atoms with E-state index in [1.165, 1.54) is 12.1 Å². The molecular weight excluding hydrogens is 277 g/mol. The minimum absolute atomic E-state index is 0.224. The first-order valence-corrected chi connectivity index (χ1v) is 5.46. The number of carboxylic acids is 1. The first-order chi connectivity index (χ1) is 7.19. The summed E-state index contributed by atoms with van der Waals surface area (Å²) in [5, 5.41) is 9.13. The second kappa shape index (κ2) is 4.14. The Bertz CT molecular complexity index is 417. The molecule has 88 valence electrons. The summed E-state index contributed by atoms with van der Waals surface area (Å²) in [5.74, 6) is -1.39. The number of rotatable bonds is 3. The van der Waals surface area contributed by atoms with Crippen molar-refractivity contribution < 1.29 is 14.3 Å². The maximum Gasteiger partial charge on any atom is 0.331 e. The molecule has 1 rings (SSSR count). The van der Waals surface area contributed by atoms with E-state index in [9.17, 15) is 9.18 Å². The first kappa shape index (κ1) is 13.1. The van der Waals surface area contributed by atoms with Gasteiger partial charge in [-0.3, -0.25) is 0 Å². The summed E-state index contributed by atoms with van der Waals surface area (Å²) in [4.78, 5) is 11.2. The van der Waals surface area contributed by atoms with Gasteiger partial charge in [-0.1, -0.05) is 28.1 Å². The molecule has 3 N–H and O–H groups in total. The predicted molar refractivity (Wildman–Crippen MR) is 62.8 cm³/mol. The average molecular weight is 290 g/mol. The molecule has 0 heterocycles. The highest BCUT2D eigenvalue weighted by molar-refractivity contribution is 9.10. The van der Waals surface area contributed by atoms with Gasteiger partial charge in [0.25, 0.3) is 0 Å². The molecule has 0 aliphatic carbocycles. The van der Waals surface area contributed by atoms with E-state index >= 15 is 0 Å². The normalized spacial score (nSPS) is 15.6. The number of carbonyl (C=O) groups is 1. The van der Waals surface area contributed by atoms with Crippen molar-refractivity contribution in [2.75, 3.05) is 0 Å². The van der Waals surface area contributed by atoms with Crippen LogP contribution in [-0.2, 0) is 10.3 Å². The van der Waals surface area contributed by atoms with Crippen molar-refractivity contribution in [3.05, 3.63) is 34.3 Å². The maximum atomic E-state index is 14.0. The average Bonchev–Trinajstić information content (AvgIpc) is 2.14. The molecule has 0 aromatic heterocycles. The van der Waals surface area contributed by atoms with Gasteiger partial charge in [0.2, 0.25) is 0 Å². The third kappa shape index (κ3) is 2.10. The third-order valence-electron chi connectivity index (χ3n) is 2.56. The molecule has 0 saturated carbocycles. The number of carboxylic acid groups (broad SMARTS) is 1. The van der Waals surface area contributed by atoms with Crippen LogP contribution in [0.1, 0.15) is 19.4 Å². The van der Waals surface area contributed by atoms with Gasteiger partial charge in [-0.25, -0.2) is 9.18 Å². The summed E-state index contributed by atoms with van der Waals surface area (Å²) >= 11 is 3.20. The molecular formula is C11H13BrFNO2. The lowest BCUT2D eigenvalue weighted by Crippen LogP contribution is -2.57. The van der Waals surface area contributed by atoms with Crippen molar-refractivity contribution in [2.24, 2.45) is 5.73 Å². The molecule has 0 bridgehead atoms. The van der Waals surface area contributed by atoms with Crippen LogP contribution in [0, 0.1) is 0 Å². The predicted octanol–water partition coefficient (Wildman–Crippen LogP) is 2.44. The van der Waals surface area contributed by atoms with Crippen molar-refractivity contribution in [3.8, 4) is 0 Å². The number of benzene rings is 1. The molecule has 0 fully saturated rings. The van der Waals surface area contributed by atoms with E-state index in [-0.39, 0.29) is 5.56 Å². The van der Waals surface area contributed by atoms with Crippen LogP contribution in [0.15, 0.2) is 28.7 Å². The van der Waals surface area contributed by atoms with Gasteiger partial charge in [0.1, 0.15) is 5.67 Å². The lowest BCUT2D eigenvalue weighted by Gasteiger charge is -2.34. The van der Waals surface area contributed by atoms with E-state index in [0.29, 0.717) is 4.47 Å². The van der Waals surface area contributed by atoms with Crippen molar-refractivity contribution in [1.82, 2.24) is 0 Å². The van der Waals surface area contributed by atoms with Gasteiger partial charge >= 0.3 is 5.97 Å². The smallest absolute Gasteiger partial charge is 0.331 e. The van der Waals surface area contributed by atoms with E-state index < -0.39 is 17.2 Å². The zero-order valence-electron chi connectivity index (χ0n) is 9.00. The molecule has 0 amide bonds. The molecule has 1 atom stereocenters. The Kier molecular flexibility index (Phi) is 3.40. The van der Waals surface area contributed by atoms with Gasteiger partial charge < -0.3 is 10.8 Å². The Morgan fingerprint density at radius 3 is 2.44 bits per heavy atom. The molecule has 1 aromatic carbocycles. The maximum absolute atomic E-state index is 14.0. The second-order valence-corrected chi connectivity index (χ2v) is 5.01. The molecule has 0 radical (unpaired) electrons. The van der Waals surface area contributed by atoms with Crippen molar-refractivity contribution in [2.45, 2.75) is 25.1 Å². The van der Waals surface area contributed by atoms with E-state index in [1.807, 2.05) is 0 Å². The fourth-order valence-corrected chi connectivity index (χ4v) is 1.85. The van der Waals surface area contributed by atoms with Gasteiger partial charge in [0, 0.05) is 4.47 Å². The van der Waals surface area contributed by atoms with Crippen LogP contribution >= 0.6 is 15.9 Å². The Balaban J connectivity index is 3.39. The lowest BCUT2D eigenvalue weighted by molar-refractivity contribution is -0.149. The highest BCUT2D eigenvalue weighted by Crippen LogP contribution is 2.34. The van der Waals surface area contributed by atoms with E-state index in [1.54, 1.807) is 12.1 Å². The monoisotopic (exact) mass is 289 g/mol. The molecule has 3 nitrogen and oxygen atoms in total. The van der Waals surface area contributed by atoms with Crippen LogP contribution in [0.5, 0.6) is 0 Å². The minimum Gasteiger partial charge on any atom is -0.480 e. The fourth-order valence-electron chi connectivity index (χ4n) is 1.45.